The van der Waals surface area contributed by atoms with Gasteiger partial charge in [-0.3, -0.25) is 4.90 Å². The lowest BCUT2D eigenvalue weighted by atomic mass is 10.3. The number of ether oxygens (including phenoxy) is 2. The van der Waals surface area contributed by atoms with Crippen molar-refractivity contribution in [2.45, 2.75) is 4.90 Å². The lowest BCUT2D eigenvalue weighted by Crippen LogP contribution is -2.49. The third-order valence-corrected chi connectivity index (χ3v) is 8.57. The number of morpholine rings is 2. The standard InChI is InChI=1S/C23H33FN8O4S/c24-19-2-1-3-20(18-19)37(33,34)32-8-6-30(7-9-32)22-26-21(25-4-5-29-10-14-35-15-11-29)27-23(28-22)31-12-16-36-17-13-31/h1-3,18H,4-17H2,(H,25,26,27,28). The molecule has 0 spiro atoms. The number of nitrogens with one attached hydrogen (secondary N) is 1. The van der Waals surface area contributed by atoms with Gasteiger partial charge < -0.3 is 24.6 Å². The van der Waals surface area contributed by atoms with E-state index >= 15 is 0 Å². The summed E-state index contributed by atoms with van der Waals surface area (Å²) in [4.78, 5) is 20.4. The molecule has 0 amide bonds. The summed E-state index contributed by atoms with van der Waals surface area (Å²) in [5.41, 5.74) is 0. The minimum Gasteiger partial charge on any atom is -0.379 e. The highest BCUT2D eigenvalue weighted by atomic mass is 32.2. The molecule has 0 saturated carbocycles. The molecule has 1 N–H and O–H groups in total. The van der Waals surface area contributed by atoms with E-state index in [0.717, 1.165) is 38.9 Å². The van der Waals surface area contributed by atoms with Crippen LogP contribution in [-0.4, -0.2) is 124 Å². The molecule has 0 atom stereocenters. The summed E-state index contributed by atoms with van der Waals surface area (Å²) < 4.78 is 51.9. The van der Waals surface area contributed by atoms with E-state index in [0.29, 0.717) is 63.8 Å². The molecule has 3 aliphatic rings. The Bertz CT molecular complexity index is 1150. The van der Waals surface area contributed by atoms with Gasteiger partial charge in [0, 0.05) is 65.4 Å². The van der Waals surface area contributed by atoms with Crippen LogP contribution >= 0.6 is 0 Å². The van der Waals surface area contributed by atoms with Gasteiger partial charge in [-0.25, -0.2) is 12.8 Å². The van der Waals surface area contributed by atoms with Crippen molar-refractivity contribution in [1.82, 2.24) is 24.2 Å². The molecule has 2 aromatic rings. The van der Waals surface area contributed by atoms with Crippen molar-refractivity contribution in [2.75, 3.05) is 107 Å². The van der Waals surface area contributed by atoms with Gasteiger partial charge in [-0.15, -0.1) is 0 Å². The third kappa shape index (κ3) is 6.44. The van der Waals surface area contributed by atoms with Crippen molar-refractivity contribution in [3.8, 4) is 0 Å². The second-order valence-electron chi connectivity index (χ2n) is 9.09. The normalized spacial score (nSPS) is 20.2. The fraction of sp³-hybridized carbons (Fsp3) is 0.609. The highest BCUT2D eigenvalue weighted by molar-refractivity contribution is 7.89. The SMILES string of the molecule is O=S(=O)(c1cccc(F)c1)N1CCN(c2nc(NCCN3CCOCC3)nc(N3CCOCC3)n2)CC1. The summed E-state index contributed by atoms with van der Waals surface area (Å²) in [7, 11) is -3.78. The maximum Gasteiger partial charge on any atom is 0.243 e. The first-order chi connectivity index (χ1) is 18.0. The van der Waals surface area contributed by atoms with E-state index in [1.54, 1.807) is 0 Å². The van der Waals surface area contributed by atoms with Crippen molar-refractivity contribution < 1.29 is 22.3 Å². The van der Waals surface area contributed by atoms with Gasteiger partial charge in [-0.05, 0) is 18.2 Å². The van der Waals surface area contributed by atoms with Crippen LogP contribution in [0.25, 0.3) is 0 Å². The topological polar surface area (TPSA) is 116 Å². The minimum atomic E-state index is -3.78. The molecular weight excluding hydrogens is 503 g/mol. The van der Waals surface area contributed by atoms with E-state index in [1.807, 2.05) is 4.90 Å². The van der Waals surface area contributed by atoms with E-state index in [2.05, 4.69) is 25.1 Å². The van der Waals surface area contributed by atoms with Gasteiger partial charge >= 0.3 is 0 Å². The summed E-state index contributed by atoms with van der Waals surface area (Å²) in [6, 6.07) is 5.11. The largest absolute Gasteiger partial charge is 0.379 e. The van der Waals surface area contributed by atoms with Crippen LogP contribution in [0.3, 0.4) is 0 Å². The number of piperazine rings is 1. The first-order valence-corrected chi connectivity index (χ1v) is 14.1. The van der Waals surface area contributed by atoms with Crippen molar-refractivity contribution >= 4 is 27.9 Å². The van der Waals surface area contributed by atoms with Crippen LogP contribution in [0, 0.1) is 5.82 Å². The summed E-state index contributed by atoms with van der Waals surface area (Å²) in [5, 5.41) is 3.34. The van der Waals surface area contributed by atoms with Gasteiger partial charge in [0.15, 0.2) is 0 Å². The Morgan fingerprint density at radius 3 is 2.11 bits per heavy atom. The molecule has 4 heterocycles. The average Bonchev–Trinajstić information content (AvgIpc) is 2.94. The molecule has 0 unspecified atom stereocenters. The maximum atomic E-state index is 13.6. The molecule has 3 saturated heterocycles. The van der Waals surface area contributed by atoms with Crippen molar-refractivity contribution in [3.63, 3.8) is 0 Å². The molecule has 14 heteroatoms. The van der Waals surface area contributed by atoms with Crippen LogP contribution in [0.2, 0.25) is 0 Å². The van der Waals surface area contributed by atoms with Crippen molar-refractivity contribution in [2.24, 2.45) is 0 Å². The van der Waals surface area contributed by atoms with Crippen molar-refractivity contribution in [3.05, 3.63) is 30.1 Å². The van der Waals surface area contributed by atoms with Gasteiger partial charge in [0.1, 0.15) is 5.82 Å². The van der Waals surface area contributed by atoms with Gasteiger partial charge in [0.25, 0.3) is 0 Å². The summed E-state index contributed by atoms with van der Waals surface area (Å²) in [6.45, 7) is 8.77. The molecule has 1 aromatic heterocycles. The number of anilines is 3. The molecule has 0 bridgehead atoms. The van der Waals surface area contributed by atoms with Crippen LogP contribution in [-0.2, 0) is 19.5 Å². The van der Waals surface area contributed by atoms with E-state index in [1.165, 1.54) is 22.5 Å². The summed E-state index contributed by atoms with van der Waals surface area (Å²) in [5.74, 6) is 1.01. The molecule has 202 valence electrons. The van der Waals surface area contributed by atoms with E-state index in [-0.39, 0.29) is 18.0 Å². The lowest BCUT2D eigenvalue weighted by Gasteiger charge is -2.34. The number of benzene rings is 1. The first-order valence-electron chi connectivity index (χ1n) is 12.6. The highest BCUT2D eigenvalue weighted by Gasteiger charge is 2.30. The zero-order chi connectivity index (χ0) is 25.7. The van der Waals surface area contributed by atoms with Crippen LogP contribution in [0.4, 0.5) is 22.2 Å². The van der Waals surface area contributed by atoms with Gasteiger partial charge in [0.05, 0.1) is 31.3 Å². The molecule has 3 fully saturated rings. The molecule has 0 aliphatic carbocycles. The maximum absolute atomic E-state index is 13.6. The fourth-order valence-corrected chi connectivity index (χ4v) is 5.99. The highest BCUT2D eigenvalue weighted by Crippen LogP contribution is 2.22. The van der Waals surface area contributed by atoms with Crippen molar-refractivity contribution in [1.29, 1.82) is 0 Å². The lowest BCUT2D eigenvalue weighted by molar-refractivity contribution is 0.0398. The molecular formula is C23H33FN8O4S. The smallest absolute Gasteiger partial charge is 0.243 e. The van der Waals surface area contributed by atoms with Gasteiger partial charge in [0.2, 0.25) is 27.9 Å². The Balaban J connectivity index is 1.28. The molecule has 12 nitrogen and oxygen atoms in total. The molecule has 3 aliphatic heterocycles. The Kier molecular flexibility index (Phi) is 8.30. The monoisotopic (exact) mass is 536 g/mol. The Hall–Kier alpha value is -2.65. The Morgan fingerprint density at radius 2 is 1.46 bits per heavy atom. The van der Waals surface area contributed by atoms with Crippen LogP contribution in [0.1, 0.15) is 0 Å². The van der Waals surface area contributed by atoms with E-state index in [4.69, 9.17) is 14.5 Å². The fourth-order valence-electron chi connectivity index (χ4n) is 4.53. The van der Waals surface area contributed by atoms with Crippen LogP contribution in [0.15, 0.2) is 29.2 Å². The number of hydrogen-bond acceptors (Lipinski definition) is 11. The van der Waals surface area contributed by atoms with Gasteiger partial charge in [-0.2, -0.15) is 19.3 Å². The zero-order valence-electron chi connectivity index (χ0n) is 20.8. The molecule has 5 rings (SSSR count). The molecule has 37 heavy (non-hydrogen) atoms. The predicted octanol–water partition coefficient (Wildman–Crippen LogP) is 0.102. The second-order valence-corrected chi connectivity index (χ2v) is 11.0. The quantitative estimate of drug-likeness (QED) is 0.495. The van der Waals surface area contributed by atoms with Crippen LogP contribution in [0.5, 0.6) is 0 Å². The Labute approximate surface area is 216 Å². The number of nitrogens with zero attached hydrogens (tertiary/aromatic N) is 7. The molecule has 1 aromatic carbocycles. The van der Waals surface area contributed by atoms with E-state index in [9.17, 15) is 12.8 Å². The Morgan fingerprint density at radius 1 is 0.838 bits per heavy atom. The number of hydrogen-bond donors (Lipinski definition) is 1. The molecule has 0 radical (unpaired) electrons. The summed E-state index contributed by atoms with van der Waals surface area (Å²) in [6.07, 6.45) is 0. The minimum absolute atomic E-state index is 0.0394. The number of halogens is 1. The second kappa shape index (κ2) is 11.8. The predicted molar refractivity (Wildman–Crippen MR) is 136 cm³/mol. The van der Waals surface area contributed by atoms with Crippen LogP contribution < -0.4 is 15.1 Å². The summed E-state index contributed by atoms with van der Waals surface area (Å²) >= 11 is 0. The number of sulfonamides is 1. The number of aromatic nitrogens is 3. The van der Waals surface area contributed by atoms with Gasteiger partial charge in [-0.1, -0.05) is 6.07 Å². The third-order valence-electron chi connectivity index (χ3n) is 6.68. The average molecular weight is 537 g/mol. The number of rotatable bonds is 8. The first kappa shape index (κ1) is 26.0. The zero-order valence-corrected chi connectivity index (χ0v) is 21.6. The van der Waals surface area contributed by atoms with E-state index < -0.39 is 15.8 Å².